The minimum Gasteiger partial charge on any atom is -0.317 e. The predicted molar refractivity (Wildman–Crippen MR) is 85.6 cm³/mol. The molecule has 2 heterocycles. The maximum atomic E-state index is 4.78. The molecule has 1 N–H and O–H groups in total. The highest BCUT2D eigenvalue weighted by molar-refractivity contribution is 9.10. The van der Waals surface area contributed by atoms with E-state index in [-0.39, 0.29) is 0 Å². The van der Waals surface area contributed by atoms with Crippen LogP contribution in [0.2, 0.25) is 0 Å². The molecule has 0 bridgehead atoms. The van der Waals surface area contributed by atoms with Gasteiger partial charge in [-0.1, -0.05) is 12.1 Å². The summed E-state index contributed by atoms with van der Waals surface area (Å²) in [5, 5.41) is 8.22. The van der Waals surface area contributed by atoms with Crippen LogP contribution in [0, 0.1) is 13.8 Å². The summed E-state index contributed by atoms with van der Waals surface area (Å²) in [7, 11) is 0. The lowest BCUT2D eigenvalue weighted by Crippen LogP contribution is -2.27. The van der Waals surface area contributed by atoms with E-state index in [2.05, 4.69) is 58.0 Å². The lowest BCUT2D eigenvalue weighted by Gasteiger charge is -2.23. The quantitative estimate of drug-likeness (QED) is 0.907. The van der Waals surface area contributed by atoms with Gasteiger partial charge < -0.3 is 5.32 Å². The maximum Gasteiger partial charge on any atom is 0.0790 e. The Labute approximate surface area is 128 Å². The smallest absolute Gasteiger partial charge is 0.0790 e. The second-order valence-electron chi connectivity index (χ2n) is 5.47. The molecule has 0 saturated carbocycles. The van der Waals surface area contributed by atoms with Crippen molar-refractivity contribution in [3.8, 4) is 5.69 Å². The summed E-state index contributed by atoms with van der Waals surface area (Å²) in [5.74, 6) is 0.646. The molecular weight excluding hydrogens is 314 g/mol. The van der Waals surface area contributed by atoms with Gasteiger partial charge in [0.25, 0.3) is 0 Å². The van der Waals surface area contributed by atoms with E-state index in [0.29, 0.717) is 5.92 Å². The van der Waals surface area contributed by atoms with E-state index in [0.717, 1.165) is 23.2 Å². The molecule has 4 heteroatoms. The number of aromatic nitrogens is 2. The molecule has 1 aliphatic heterocycles. The van der Waals surface area contributed by atoms with Crippen molar-refractivity contribution in [1.29, 1.82) is 0 Å². The topological polar surface area (TPSA) is 29.9 Å². The SMILES string of the molecule is Cc1nn(-c2ccccc2Br)c(C)c1C1CCNCC1. The molecule has 2 aromatic rings. The highest BCUT2D eigenvalue weighted by atomic mass is 79.9. The van der Waals surface area contributed by atoms with Crippen molar-refractivity contribution >= 4 is 15.9 Å². The highest BCUT2D eigenvalue weighted by Gasteiger charge is 2.23. The van der Waals surface area contributed by atoms with Crippen LogP contribution in [0.4, 0.5) is 0 Å². The van der Waals surface area contributed by atoms with E-state index in [1.807, 2.05) is 6.07 Å². The Balaban J connectivity index is 2.04. The van der Waals surface area contributed by atoms with Crippen molar-refractivity contribution in [3.05, 3.63) is 45.7 Å². The summed E-state index contributed by atoms with van der Waals surface area (Å²) in [5.41, 5.74) is 5.02. The molecule has 0 atom stereocenters. The average Bonchev–Trinajstić information content (AvgIpc) is 2.75. The summed E-state index contributed by atoms with van der Waals surface area (Å²) in [4.78, 5) is 0. The van der Waals surface area contributed by atoms with Crippen LogP contribution in [-0.4, -0.2) is 22.9 Å². The summed E-state index contributed by atoms with van der Waals surface area (Å²) in [6, 6.07) is 8.26. The Bertz CT molecular complexity index is 612. The third-order valence-electron chi connectivity index (χ3n) is 4.18. The number of nitrogens with zero attached hydrogens (tertiary/aromatic N) is 2. The van der Waals surface area contributed by atoms with Crippen molar-refractivity contribution in [2.75, 3.05) is 13.1 Å². The molecule has 1 aliphatic rings. The minimum absolute atomic E-state index is 0.646. The van der Waals surface area contributed by atoms with Gasteiger partial charge in [0.05, 0.1) is 11.4 Å². The first-order valence-electron chi connectivity index (χ1n) is 7.20. The minimum atomic E-state index is 0.646. The van der Waals surface area contributed by atoms with Crippen LogP contribution < -0.4 is 5.32 Å². The zero-order valence-electron chi connectivity index (χ0n) is 12.0. The van der Waals surface area contributed by atoms with Gasteiger partial charge >= 0.3 is 0 Å². The second-order valence-corrected chi connectivity index (χ2v) is 6.33. The first-order valence-corrected chi connectivity index (χ1v) is 7.99. The Kier molecular flexibility index (Phi) is 3.94. The number of hydrogen-bond acceptors (Lipinski definition) is 2. The molecule has 0 radical (unpaired) electrons. The monoisotopic (exact) mass is 333 g/mol. The van der Waals surface area contributed by atoms with Crippen LogP contribution in [0.1, 0.15) is 35.7 Å². The second kappa shape index (κ2) is 5.70. The van der Waals surface area contributed by atoms with E-state index in [1.165, 1.54) is 29.8 Å². The summed E-state index contributed by atoms with van der Waals surface area (Å²) in [6.45, 7) is 6.56. The molecule has 0 amide bonds. The number of halogens is 1. The number of para-hydroxylation sites is 1. The van der Waals surface area contributed by atoms with Crippen LogP contribution in [0.3, 0.4) is 0 Å². The first-order chi connectivity index (χ1) is 9.68. The molecule has 0 spiro atoms. The van der Waals surface area contributed by atoms with E-state index in [4.69, 9.17) is 5.10 Å². The molecule has 1 saturated heterocycles. The van der Waals surface area contributed by atoms with Gasteiger partial charge in [0.15, 0.2) is 0 Å². The van der Waals surface area contributed by atoms with E-state index >= 15 is 0 Å². The van der Waals surface area contributed by atoms with Gasteiger partial charge in [-0.25, -0.2) is 4.68 Å². The van der Waals surface area contributed by atoms with Crippen molar-refractivity contribution in [3.63, 3.8) is 0 Å². The number of nitrogens with one attached hydrogen (secondary N) is 1. The predicted octanol–water partition coefficient (Wildman–Crippen LogP) is 3.72. The molecule has 3 nitrogen and oxygen atoms in total. The van der Waals surface area contributed by atoms with Gasteiger partial charge in [0.2, 0.25) is 0 Å². The van der Waals surface area contributed by atoms with E-state index in [9.17, 15) is 0 Å². The van der Waals surface area contributed by atoms with E-state index < -0.39 is 0 Å². The largest absolute Gasteiger partial charge is 0.317 e. The first kappa shape index (κ1) is 13.8. The lowest BCUT2D eigenvalue weighted by atomic mass is 9.89. The highest BCUT2D eigenvalue weighted by Crippen LogP contribution is 2.32. The normalized spacial score (nSPS) is 16.6. The molecule has 0 aliphatic carbocycles. The van der Waals surface area contributed by atoms with Crippen molar-refractivity contribution in [1.82, 2.24) is 15.1 Å². The molecular formula is C16H20BrN3. The standard InChI is InChI=1S/C16H20BrN3/c1-11-16(13-7-9-18-10-8-13)12(2)20(19-11)15-6-4-3-5-14(15)17/h3-6,13,18H,7-10H2,1-2H3. The Morgan fingerprint density at radius 3 is 2.60 bits per heavy atom. The van der Waals surface area contributed by atoms with Crippen molar-refractivity contribution in [2.24, 2.45) is 0 Å². The lowest BCUT2D eigenvalue weighted by molar-refractivity contribution is 0.458. The molecule has 3 rings (SSSR count). The molecule has 1 fully saturated rings. The van der Waals surface area contributed by atoms with Crippen LogP contribution in [0.25, 0.3) is 5.69 Å². The fraction of sp³-hybridized carbons (Fsp3) is 0.438. The zero-order chi connectivity index (χ0) is 14.1. The molecule has 1 aromatic heterocycles. The Morgan fingerprint density at radius 2 is 1.90 bits per heavy atom. The molecule has 1 aromatic carbocycles. The van der Waals surface area contributed by atoms with Crippen LogP contribution in [-0.2, 0) is 0 Å². The van der Waals surface area contributed by atoms with Crippen molar-refractivity contribution < 1.29 is 0 Å². The molecule has 0 unspecified atom stereocenters. The Hall–Kier alpha value is -1.13. The van der Waals surface area contributed by atoms with Gasteiger partial charge in [0.1, 0.15) is 0 Å². The van der Waals surface area contributed by atoms with Crippen molar-refractivity contribution in [2.45, 2.75) is 32.6 Å². The molecule has 20 heavy (non-hydrogen) atoms. The molecule has 106 valence electrons. The van der Waals surface area contributed by atoms with Gasteiger partial charge in [-0.05, 0) is 79.3 Å². The summed E-state index contributed by atoms with van der Waals surface area (Å²) < 4.78 is 3.17. The number of aryl methyl sites for hydroxylation is 1. The fourth-order valence-corrected chi connectivity index (χ4v) is 3.67. The maximum absolute atomic E-state index is 4.78. The van der Waals surface area contributed by atoms with Crippen LogP contribution >= 0.6 is 15.9 Å². The van der Waals surface area contributed by atoms with Gasteiger partial charge in [-0.3, -0.25) is 0 Å². The van der Waals surface area contributed by atoms with Gasteiger partial charge in [-0.2, -0.15) is 5.10 Å². The third kappa shape index (κ3) is 2.42. The van der Waals surface area contributed by atoms with Crippen LogP contribution in [0.5, 0.6) is 0 Å². The summed E-state index contributed by atoms with van der Waals surface area (Å²) >= 11 is 3.63. The number of rotatable bonds is 2. The van der Waals surface area contributed by atoms with Gasteiger partial charge in [-0.15, -0.1) is 0 Å². The average molecular weight is 334 g/mol. The Morgan fingerprint density at radius 1 is 1.20 bits per heavy atom. The van der Waals surface area contributed by atoms with Crippen LogP contribution in [0.15, 0.2) is 28.7 Å². The zero-order valence-corrected chi connectivity index (χ0v) is 13.6. The number of benzene rings is 1. The number of piperidine rings is 1. The number of hydrogen-bond donors (Lipinski definition) is 1. The van der Waals surface area contributed by atoms with Gasteiger partial charge in [0, 0.05) is 10.2 Å². The summed E-state index contributed by atoms with van der Waals surface area (Å²) in [6.07, 6.45) is 2.42. The fourth-order valence-electron chi connectivity index (χ4n) is 3.21. The van der Waals surface area contributed by atoms with E-state index in [1.54, 1.807) is 0 Å². The third-order valence-corrected chi connectivity index (χ3v) is 4.85.